The topological polar surface area (TPSA) is 48.2 Å². The van der Waals surface area contributed by atoms with Crippen LogP contribution in [0.4, 0.5) is 0 Å². The zero-order valence-corrected chi connectivity index (χ0v) is 12.3. The zero-order chi connectivity index (χ0) is 13.7. The van der Waals surface area contributed by atoms with Gasteiger partial charge in [0.05, 0.1) is 18.5 Å². The molecule has 0 unspecified atom stereocenters. The summed E-state index contributed by atoms with van der Waals surface area (Å²) in [6, 6.07) is 3.82. The number of methoxy groups -OCH3 is 1. The van der Waals surface area contributed by atoms with Crippen LogP contribution in [0.5, 0.6) is 5.75 Å². The molecule has 0 saturated heterocycles. The molecule has 0 saturated carbocycles. The standard InChI is InChI=1S/C14H18N2O2S/c1-4-14-13(10(2)18-16-14)9-19-8-11-7-12(17-3)5-6-15-11/h5-7H,4,8-9H2,1-3H3. The van der Waals surface area contributed by atoms with Crippen LogP contribution in [0.15, 0.2) is 22.9 Å². The van der Waals surface area contributed by atoms with Crippen LogP contribution in [0, 0.1) is 6.92 Å². The Morgan fingerprint density at radius 2 is 2.21 bits per heavy atom. The maximum Gasteiger partial charge on any atom is 0.137 e. The molecule has 2 aromatic rings. The van der Waals surface area contributed by atoms with Crippen LogP contribution in [0.3, 0.4) is 0 Å². The summed E-state index contributed by atoms with van der Waals surface area (Å²) >= 11 is 1.81. The number of aryl methyl sites for hydroxylation is 2. The van der Waals surface area contributed by atoms with Crippen LogP contribution in [0.1, 0.15) is 29.6 Å². The van der Waals surface area contributed by atoms with Gasteiger partial charge in [-0.2, -0.15) is 11.8 Å². The summed E-state index contributed by atoms with van der Waals surface area (Å²) in [5.74, 6) is 3.52. The molecule has 0 spiro atoms. The molecule has 2 aromatic heterocycles. The third-order valence-electron chi connectivity index (χ3n) is 2.92. The maximum atomic E-state index is 5.23. The first kappa shape index (κ1) is 13.9. The van der Waals surface area contributed by atoms with Gasteiger partial charge in [-0.05, 0) is 19.4 Å². The van der Waals surface area contributed by atoms with Gasteiger partial charge < -0.3 is 9.26 Å². The highest BCUT2D eigenvalue weighted by atomic mass is 32.2. The number of pyridine rings is 1. The summed E-state index contributed by atoms with van der Waals surface area (Å²) in [5.41, 5.74) is 3.30. The molecule has 0 aliphatic rings. The monoisotopic (exact) mass is 278 g/mol. The number of aromatic nitrogens is 2. The molecular formula is C14H18N2O2S. The molecule has 0 aliphatic heterocycles. The molecule has 0 aromatic carbocycles. The summed E-state index contributed by atoms with van der Waals surface area (Å²) < 4.78 is 10.4. The third kappa shape index (κ3) is 3.50. The van der Waals surface area contributed by atoms with E-state index < -0.39 is 0 Å². The van der Waals surface area contributed by atoms with E-state index in [-0.39, 0.29) is 0 Å². The van der Waals surface area contributed by atoms with E-state index in [1.54, 1.807) is 13.3 Å². The van der Waals surface area contributed by atoms with Crippen molar-refractivity contribution in [3.05, 3.63) is 41.0 Å². The van der Waals surface area contributed by atoms with Crippen LogP contribution in [-0.4, -0.2) is 17.3 Å². The molecule has 2 rings (SSSR count). The van der Waals surface area contributed by atoms with Gasteiger partial charge in [-0.15, -0.1) is 0 Å². The average molecular weight is 278 g/mol. The predicted molar refractivity (Wildman–Crippen MR) is 76.4 cm³/mol. The second-order valence-corrected chi connectivity index (χ2v) is 5.18. The first-order valence-corrected chi connectivity index (χ1v) is 7.40. The largest absolute Gasteiger partial charge is 0.497 e. The lowest BCUT2D eigenvalue weighted by Gasteiger charge is -2.04. The number of hydrogen-bond donors (Lipinski definition) is 0. The highest BCUT2D eigenvalue weighted by Gasteiger charge is 2.11. The lowest BCUT2D eigenvalue weighted by Crippen LogP contribution is -1.92. The van der Waals surface area contributed by atoms with Gasteiger partial charge in [0.15, 0.2) is 0 Å². The van der Waals surface area contributed by atoms with Gasteiger partial charge >= 0.3 is 0 Å². The van der Waals surface area contributed by atoms with Crippen LogP contribution < -0.4 is 4.74 Å². The predicted octanol–water partition coefficient (Wildman–Crippen LogP) is 3.38. The SMILES string of the molecule is CCc1noc(C)c1CSCc1cc(OC)ccn1. The summed E-state index contributed by atoms with van der Waals surface area (Å²) in [6.45, 7) is 4.06. The van der Waals surface area contributed by atoms with Gasteiger partial charge in [0.2, 0.25) is 0 Å². The Labute approximate surface area is 117 Å². The third-order valence-corrected chi connectivity index (χ3v) is 3.91. The van der Waals surface area contributed by atoms with Gasteiger partial charge in [-0.1, -0.05) is 12.1 Å². The Hall–Kier alpha value is -1.49. The molecule has 0 atom stereocenters. The molecule has 102 valence electrons. The van der Waals surface area contributed by atoms with Crippen molar-refractivity contribution >= 4 is 11.8 Å². The fraction of sp³-hybridized carbons (Fsp3) is 0.429. The number of thioether (sulfide) groups is 1. The van der Waals surface area contributed by atoms with Crippen molar-refractivity contribution in [3.63, 3.8) is 0 Å². The number of nitrogens with zero attached hydrogens (tertiary/aromatic N) is 2. The van der Waals surface area contributed by atoms with E-state index in [1.165, 1.54) is 5.56 Å². The van der Waals surface area contributed by atoms with Crippen molar-refractivity contribution in [1.29, 1.82) is 0 Å². The minimum absolute atomic E-state index is 0.848. The molecule has 0 amide bonds. The lowest BCUT2D eigenvalue weighted by molar-refractivity contribution is 0.390. The average Bonchev–Trinajstić information content (AvgIpc) is 2.80. The lowest BCUT2D eigenvalue weighted by atomic mass is 10.2. The number of hydrogen-bond acceptors (Lipinski definition) is 5. The first-order chi connectivity index (χ1) is 9.24. The smallest absolute Gasteiger partial charge is 0.137 e. The van der Waals surface area contributed by atoms with Crippen molar-refractivity contribution in [2.75, 3.05) is 7.11 Å². The second kappa shape index (κ2) is 6.61. The van der Waals surface area contributed by atoms with Crippen LogP contribution in [0.25, 0.3) is 0 Å². The van der Waals surface area contributed by atoms with Gasteiger partial charge in [0, 0.05) is 29.3 Å². The van der Waals surface area contributed by atoms with E-state index in [9.17, 15) is 0 Å². The highest BCUT2D eigenvalue weighted by molar-refractivity contribution is 7.97. The molecule has 0 radical (unpaired) electrons. The minimum atomic E-state index is 0.848. The summed E-state index contributed by atoms with van der Waals surface area (Å²) in [4.78, 5) is 4.33. The van der Waals surface area contributed by atoms with E-state index in [0.717, 1.165) is 40.8 Å². The Morgan fingerprint density at radius 1 is 1.37 bits per heavy atom. The van der Waals surface area contributed by atoms with Crippen molar-refractivity contribution in [3.8, 4) is 5.75 Å². The van der Waals surface area contributed by atoms with Crippen molar-refractivity contribution in [2.24, 2.45) is 0 Å². The van der Waals surface area contributed by atoms with E-state index in [0.29, 0.717) is 0 Å². The molecule has 0 aliphatic carbocycles. The van der Waals surface area contributed by atoms with Gasteiger partial charge in [-0.25, -0.2) is 0 Å². The van der Waals surface area contributed by atoms with Gasteiger partial charge in [0.1, 0.15) is 11.5 Å². The number of rotatable bonds is 6. The van der Waals surface area contributed by atoms with Crippen molar-refractivity contribution in [1.82, 2.24) is 10.1 Å². The highest BCUT2D eigenvalue weighted by Crippen LogP contribution is 2.23. The molecule has 0 bridgehead atoms. The van der Waals surface area contributed by atoms with Crippen LogP contribution in [0.2, 0.25) is 0 Å². The van der Waals surface area contributed by atoms with E-state index in [1.807, 2.05) is 30.8 Å². The Bertz CT molecular complexity index is 540. The fourth-order valence-corrected chi connectivity index (χ4v) is 2.86. The van der Waals surface area contributed by atoms with E-state index in [2.05, 4.69) is 17.1 Å². The summed E-state index contributed by atoms with van der Waals surface area (Å²) in [5, 5.41) is 4.06. The normalized spacial score (nSPS) is 10.7. The second-order valence-electron chi connectivity index (χ2n) is 4.20. The summed E-state index contributed by atoms with van der Waals surface area (Å²) in [6.07, 6.45) is 2.68. The molecule has 19 heavy (non-hydrogen) atoms. The minimum Gasteiger partial charge on any atom is -0.497 e. The molecule has 0 fully saturated rings. The van der Waals surface area contributed by atoms with Gasteiger partial charge in [0.25, 0.3) is 0 Å². The Kier molecular flexibility index (Phi) is 4.85. The molecule has 5 heteroatoms. The molecule has 2 heterocycles. The fourth-order valence-electron chi connectivity index (χ4n) is 1.82. The zero-order valence-electron chi connectivity index (χ0n) is 11.5. The maximum absolute atomic E-state index is 5.23. The Morgan fingerprint density at radius 3 is 2.95 bits per heavy atom. The Balaban J connectivity index is 1.94. The van der Waals surface area contributed by atoms with Gasteiger partial charge in [-0.3, -0.25) is 4.98 Å². The van der Waals surface area contributed by atoms with E-state index in [4.69, 9.17) is 9.26 Å². The molecular weight excluding hydrogens is 260 g/mol. The van der Waals surface area contributed by atoms with Crippen molar-refractivity contribution < 1.29 is 9.26 Å². The summed E-state index contributed by atoms with van der Waals surface area (Å²) in [7, 11) is 1.67. The van der Waals surface area contributed by atoms with Crippen LogP contribution in [-0.2, 0) is 17.9 Å². The quantitative estimate of drug-likeness (QED) is 0.810. The first-order valence-electron chi connectivity index (χ1n) is 6.25. The van der Waals surface area contributed by atoms with Crippen LogP contribution >= 0.6 is 11.8 Å². The molecule has 4 nitrogen and oxygen atoms in total. The van der Waals surface area contributed by atoms with Crippen molar-refractivity contribution in [2.45, 2.75) is 31.8 Å². The molecule has 0 N–H and O–H groups in total. The van der Waals surface area contributed by atoms with E-state index >= 15 is 0 Å². The number of ether oxygens (including phenoxy) is 1.